The van der Waals surface area contributed by atoms with Gasteiger partial charge in [-0.2, -0.15) is 10.2 Å². The summed E-state index contributed by atoms with van der Waals surface area (Å²) >= 11 is 5.95. The van der Waals surface area contributed by atoms with Crippen molar-refractivity contribution in [3.05, 3.63) is 89.3 Å². The fourth-order valence-electron chi connectivity index (χ4n) is 4.01. The molecule has 5 rings (SSSR count). The molecule has 0 radical (unpaired) electrons. The minimum absolute atomic E-state index is 0.0213. The SMILES string of the molecule is COc1ccc(-c2ccnc3c2c(C)nn3CC(=O)Nc2ccn(Cc3ccc(Cl)cc3)n2)cc1. The number of hydrogen-bond acceptors (Lipinski definition) is 5. The summed E-state index contributed by atoms with van der Waals surface area (Å²) in [6.07, 6.45) is 3.55. The number of nitrogens with zero attached hydrogens (tertiary/aromatic N) is 5. The number of rotatable bonds is 7. The minimum atomic E-state index is -0.234. The topological polar surface area (TPSA) is 86.9 Å². The fraction of sp³-hybridized carbons (Fsp3) is 0.154. The third kappa shape index (κ3) is 4.88. The Labute approximate surface area is 207 Å². The number of aromatic nitrogens is 5. The van der Waals surface area contributed by atoms with E-state index in [0.717, 1.165) is 33.5 Å². The predicted octanol–water partition coefficient (Wildman–Crippen LogP) is 4.95. The predicted molar refractivity (Wildman–Crippen MR) is 136 cm³/mol. The molecular formula is C26H23ClN6O2. The molecule has 35 heavy (non-hydrogen) atoms. The number of carbonyl (C=O) groups excluding carboxylic acids is 1. The Morgan fingerprint density at radius 1 is 1.03 bits per heavy atom. The van der Waals surface area contributed by atoms with Gasteiger partial charge in [-0.15, -0.1) is 0 Å². The number of benzene rings is 2. The average Bonchev–Trinajstić information content (AvgIpc) is 3.44. The monoisotopic (exact) mass is 486 g/mol. The van der Waals surface area contributed by atoms with Gasteiger partial charge in [-0.25, -0.2) is 9.67 Å². The maximum Gasteiger partial charge on any atom is 0.247 e. The second-order valence-corrected chi connectivity index (χ2v) is 8.54. The molecule has 0 spiro atoms. The number of amides is 1. The fourth-order valence-corrected chi connectivity index (χ4v) is 4.14. The number of halogens is 1. The molecule has 1 N–H and O–H groups in total. The number of hydrogen-bond donors (Lipinski definition) is 1. The number of nitrogens with one attached hydrogen (secondary N) is 1. The zero-order valence-corrected chi connectivity index (χ0v) is 20.0. The Morgan fingerprint density at radius 3 is 2.54 bits per heavy atom. The summed E-state index contributed by atoms with van der Waals surface area (Å²) in [5.74, 6) is 1.03. The molecule has 0 bridgehead atoms. The smallest absolute Gasteiger partial charge is 0.247 e. The number of pyridine rings is 1. The van der Waals surface area contributed by atoms with E-state index in [0.29, 0.717) is 23.0 Å². The van der Waals surface area contributed by atoms with Crippen LogP contribution >= 0.6 is 11.6 Å². The van der Waals surface area contributed by atoms with Gasteiger partial charge in [0, 0.05) is 28.9 Å². The summed E-state index contributed by atoms with van der Waals surface area (Å²) in [6, 6.07) is 19.1. The van der Waals surface area contributed by atoms with Crippen LogP contribution in [0.3, 0.4) is 0 Å². The van der Waals surface area contributed by atoms with E-state index in [2.05, 4.69) is 20.5 Å². The molecule has 0 unspecified atom stereocenters. The molecule has 0 aliphatic carbocycles. The van der Waals surface area contributed by atoms with Gasteiger partial charge in [0.25, 0.3) is 0 Å². The summed E-state index contributed by atoms with van der Waals surface area (Å²) in [5.41, 5.74) is 4.55. The highest BCUT2D eigenvalue weighted by Gasteiger charge is 2.16. The molecule has 2 aromatic carbocycles. The van der Waals surface area contributed by atoms with Gasteiger partial charge in [-0.05, 0) is 53.9 Å². The van der Waals surface area contributed by atoms with Crippen LogP contribution in [0.25, 0.3) is 22.2 Å². The van der Waals surface area contributed by atoms with Crippen molar-refractivity contribution in [2.24, 2.45) is 0 Å². The van der Waals surface area contributed by atoms with E-state index in [-0.39, 0.29) is 12.5 Å². The summed E-state index contributed by atoms with van der Waals surface area (Å²) in [6.45, 7) is 2.52. The summed E-state index contributed by atoms with van der Waals surface area (Å²) < 4.78 is 8.65. The van der Waals surface area contributed by atoms with Crippen LogP contribution in [0.4, 0.5) is 5.82 Å². The van der Waals surface area contributed by atoms with E-state index in [1.165, 1.54) is 0 Å². The molecular weight excluding hydrogens is 464 g/mol. The Balaban J connectivity index is 1.32. The van der Waals surface area contributed by atoms with E-state index in [4.69, 9.17) is 16.3 Å². The largest absolute Gasteiger partial charge is 0.497 e. The van der Waals surface area contributed by atoms with Crippen LogP contribution in [0.5, 0.6) is 5.75 Å². The van der Waals surface area contributed by atoms with Crippen molar-refractivity contribution in [1.82, 2.24) is 24.5 Å². The maximum atomic E-state index is 12.8. The van der Waals surface area contributed by atoms with Gasteiger partial charge in [-0.3, -0.25) is 9.48 Å². The van der Waals surface area contributed by atoms with Crippen molar-refractivity contribution in [3.63, 3.8) is 0 Å². The van der Waals surface area contributed by atoms with Gasteiger partial charge in [0.15, 0.2) is 11.5 Å². The summed E-state index contributed by atoms with van der Waals surface area (Å²) in [7, 11) is 1.64. The van der Waals surface area contributed by atoms with Crippen molar-refractivity contribution in [1.29, 1.82) is 0 Å². The first-order chi connectivity index (χ1) is 17.0. The van der Waals surface area contributed by atoms with Crippen molar-refractivity contribution in [2.75, 3.05) is 12.4 Å². The Hall–Kier alpha value is -4.17. The second-order valence-electron chi connectivity index (χ2n) is 8.10. The van der Waals surface area contributed by atoms with Crippen LogP contribution in [0, 0.1) is 6.92 Å². The normalized spacial score (nSPS) is 11.1. The first-order valence-corrected chi connectivity index (χ1v) is 11.4. The molecule has 9 heteroatoms. The molecule has 3 heterocycles. The Morgan fingerprint density at radius 2 is 1.80 bits per heavy atom. The quantitative estimate of drug-likeness (QED) is 0.351. The van der Waals surface area contributed by atoms with E-state index in [1.54, 1.807) is 28.7 Å². The highest BCUT2D eigenvalue weighted by Crippen LogP contribution is 2.30. The number of fused-ring (bicyclic) bond motifs is 1. The maximum absolute atomic E-state index is 12.8. The standard InChI is InChI=1S/C26H23ClN6O2/c1-17-25-22(19-5-9-21(35-2)10-6-19)11-13-28-26(25)33(30-17)16-24(34)29-23-12-14-32(31-23)15-18-3-7-20(27)8-4-18/h3-14H,15-16H2,1-2H3,(H,29,31,34). The Kier molecular flexibility index (Phi) is 6.20. The summed E-state index contributed by atoms with van der Waals surface area (Å²) in [4.78, 5) is 17.3. The molecule has 0 aliphatic heterocycles. The molecule has 0 saturated carbocycles. The second kappa shape index (κ2) is 9.60. The third-order valence-electron chi connectivity index (χ3n) is 5.67. The zero-order valence-electron chi connectivity index (χ0n) is 19.3. The zero-order chi connectivity index (χ0) is 24.4. The van der Waals surface area contributed by atoms with Crippen LogP contribution < -0.4 is 10.1 Å². The van der Waals surface area contributed by atoms with Crippen LogP contribution in [0.2, 0.25) is 5.02 Å². The van der Waals surface area contributed by atoms with Crippen molar-refractivity contribution < 1.29 is 9.53 Å². The molecule has 176 valence electrons. The molecule has 8 nitrogen and oxygen atoms in total. The van der Waals surface area contributed by atoms with Gasteiger partial charge in [0.2, 0.25) is 5.91 Å². The lowest BCUT2D eigenvalue weighted by Crippen LogP contribution is -2.20. The van der Waals surface area contributed by atoms with E-state index in [9.17, 15) is 4.79 Å². The van der Waals surface area contributed by atoms with Crippen molar-refractivity contribution >= 4 is 34.4 Å². The number of aryl methyl sites for hydroxylation is 1. The molecule has 0 aliphatic rings. The van der Waals surface area contributed by atoms with Gasteiger partial charge >= 0.3 is 0 Å². The number of methoxy groups -OCH3 is 1. The number of carbonyl (C=O) groups is 1. The van der Waals surface area contributed by atoms with Gasteiger partial charge in [0.1, 0.15) is 12.3 Å². The first kappa shape index (κ1) is 22.6. The van der Waals surface area contributed by atoms with Crippen LogP contribution in [0.1, 0.15) is 11.3 Å². The van der Waals surface area contributed by atoms with E-state index in [1.807, 2.05) is 67.7 Å². The van der Waals surface area contributed by atoms with Crippen LogP contribution in [0.15, 0.2) is 73.1 Å². The van der Waals surface area contributed by atoms with E-state index < -0.39 is 0 Å². The highest BCUT2D eigenvalue weighted by atomic mass is 35.5. The highest BCUT2D eigenvalue weighted by molar-refractivity contribution is 6.30. The minimum Gasteiger partial charge on any atom is -0.497 e. The molecule has 3 aromatic heterocycles. The summed E-state index contributed by atoms with van der Waals surface area (Å²) in [5, 5.41) is 13.5. The van der Waals surface area contributed by atoms with E-state index >= 15 is 0 Å². The number of ether oxygens (including phenoxy) is 1. The lowest BCUT2D eigenvalue weighted by molar-refractivity contribution is -0.116. The molecule has 1 amide bonds. The molecule has 5 aromatic rings. The van der Waals surface area contributed by atoms with Crippen molar-refractivity contribution in [3.8, 4) is 16.9 Å². The Bertz CT molecular complexity index is 1490. The third-order valence-corrected chi connectivity index (χ3v) is 5.92. The lowest BCUT2D eigenvalue weighted by atomic mass is 10.0. The number of anilines is 1. The van der Waals surface area contributed by atoms with Gasteiger partial charge < -0.3 is 10.1 Å². The molecule has 0 fully saturated rings. The van der Waals surface area contributed by atoms with Crippen LogP contribution in [-0.4, -0.2) is 37.6 Å². The average molecular weight is 487 g/mol. The first-order valence-electron chi connectivity index (χ1n) is 11.0. The molecule has 0 atom stereocenters. The lowest BCUT2D eigenvalue weighted by Gasteiger charge is -2.07. The van der Waals surface area contributed by atoms with Gasteiger partial charge in [-0.1, -0.05) is 35.9 Å². The molecule has 0 saturated heterocycles. The van der Waals surface area contributed by atoms with Crippen LogP contribution in [-0.2, 0) is 17.9 Å². The van der Waals surface area contributed by atoms with Gasteiger partial charge in [0.05, 0.1) is 19.3 Å². The van der Waals surface area contributed by atoms with Crippen molar-refractivity contribution in [2.45, 2.75) is 20.0 Å².